The molecule has 0 unspecified atom stereocenters. The molecule has 1 saturated heterocycles. The van der Waals surface area contributed by atoms with Crippen molar-refractivity contribution in [1.82, 2.24) is 20.4 Å². The van der Waals surface area contributed by atoms with Crippen LogP contribution < -0.4 is 10.1 Å². The first-order valence-electron chi connectivity index (χ1n) is 8.16. The number of carbonyl (C=O) groups excluding carboxylic acids is 2. The smallest absolute Gasteiger partial charge is 0.325 e. The van der Waals surface area contributed by atoms with Gasteiger partial charge in [-0.05, 0) is 36.8 Å². The Balaban J connectivity index is 1.56. The van der Waals surface area contributed by atoms with Crippen LogP contribution in [0.25, 0.3) is 11.6 Å². The second-order valence-corrected chi connectivity index (χ2v) is 6.16. The summed E-state index contributed by atoms with van der Waals surface area (Å²) >= 11 is 0. The molecule has 9 heteroatoms. The number of aromatic nitrogens is 2. The monoisotopic (exact) mass is 368 g/mol. The molecule has 3 amide bonds. The summed E-state index contributed by atoms with van der Waals surface area (Å²) in [6.45, 7) is 1.52. The van der Waals surface area contributed by atoms with Crippen LogP contribution in [-0.2, 0) is 16.9 Å². The van der Waals surface area contributed by atoms with Crippen molar-refractivity contribution in [2.24, 2.45) is 0 Å². The summed E-state index contributed by atoms with van der Waals surface area (Å²) in [7, 11) is 1.56. The number of benzene rings is 1. The number of hydrogen-bond acceptors (Lipinski definition) is 7. The molecule has 0 bridgehead atoms. The molecule has 1 N–H and O–H groups in total. The number of hydrogen-bond donors (Lipinski definition) is 1. The fourth-order valence-corrected chi connectivity index (χ4v) is 2.92. The average Bonchev–Trinajstić information content (AvgIpc) is 3.40. The minimum absolute atomic E-state index is 0.129. The molecular formula is C18H16N4O5. The van der Waals surface area contributed by atoms with Gasteiger partial charge in [-0.2, -0.15) is 4.98 Å². The van der Waals surface area contributed by atoms with Crippen LogP contribution in [0.15, 0.2) is 51.6 Å². The lowest BCUT2D eigenvalue weighted by Crippen LogP contribution is -2.40. The molecule has 1 aromatic carbocycles. The number of ether oxygens (including phenoxy) is 1. The normalized spacial score (nSPS) is 19.4. The Morgan fingerprint density at radius 1 is 1.22 bits per heavy atom. The Morgan fingerprint density at radius 2 is 2.00 bits per heavy atom. The van der Waals surface area contributed by atoms with Crippen molar-refractivity contribution in [2.45, 2.75) is 19.0 Å². The second-order valence-electron chi connectivity index (χ2n) is 6.16. The molecule has 1 atom stereocenters. The van der Waals surface area contributed by atoms with E-state index in [2.05, 4.69) is 15.5 Å². The van der Waals surface area contributed by atoms with Gasteiger partial charge in [0.2, 0.25) is 11.7 Å². The molecule has 1 aliphatic heterocycles. The van der Waals surface area contributed by atoms with Crippen molar-refractivity contribution < 1.29 is 23.3 Å². The third-order valence-electron chi connectivity index (χ3n) is 4.45. The topological polar surface area (TPSA) is 111 Å². The van der Waals surface area contributed by atoms with Gasteiger partial charge in [-0.1, -0.05) is 17.3 Å². The third kappa shape index (κ3) is 2.82. The summed E-state index contributed by atoms with van der Waals surface area (Å²) in [4.78, 5) is 30.5. The van der Waals surface area contributed by atoms with Crippen LogP contribution >= 0.6 is 0 Å². The summed E-state index contributed by atoms with van der Waals surface area (Å²) in [5.41, 5.74) is -0.543. The van der Waals surface area contributed by atoms with Crippen LogP contribution in [0.2, 0.25) is 0 Å². The van der Waals surface area contributed by atoms with Crippen molar-refractivity contribution in [2.75, 3.05) is 7.11 Å². The van der Waals surface area contributed by atoms with Crippen molar-refractivity contribution in [1.29, 1.82) is 0 Å². The lowest BCUT2D eigenvalue weighted by molar-refractivity contribution is -0.131. The number of amides is 3. The van der Waals surface area contributed by atoms with Crippen molar-refractivity contribution in [3.8, 4) is 17.3 Å². The van der Waals surface area contributed by atoms with Crippen LogP contribution in [-0.4, -0.2) is 34.1 Å². The molecule has 3 aromatic rings. The van der Waals surface area contributed by atoms with Crippen LogP contribution in [0.5, 0.6) is 5.75 Å². The third-order valence-corrected chi connectivity index (χ3v) is 4.45. The molecule has 1 aliphatic rings. The van der Waals surface area contributed by atoms with E-state index in [9.17, 15) is 9.59 Å². The first-order chi connectivity index (χ1) is 13.0. The van der Waals surface area contributed by atoms with Gasteiger partial charge >= 0.3 is 6.03 Å². The summed E-state index contributed by atoms with van der Waals surface area (Å²) in [5.74, 6) is 1.07. The zero-order valence-electron chi connectivity index (χ0n) is 14.6. The predicted octanol–water partition coefficient (Wildman–Crippen LogP) is 2.31. The van der Waals surface area contributed by atoms with E-state index in [0.717, 1.165) is 4.90 Å². The Morgan fingerprint density at radius 3 is 2.67 bits per heavy atom. The highest BCUT2D eigenvalue weighted by atomic mass is 16.5. The maximum atomic E-state index is 12.9. The molecule has 0 radical (unpaired) electrons. The number of carbonyl (C=O) groups is 2. The zero-order valence-corrected chi connectivity index (χ0v) is 14.6. The Hall–Kier alpha value is -3.62. The quantitative estimate of drug-likeness (QED) is 0.688. The number of furan rings is 1. The molecule has 9 nitrogen and oxygen atoms in total. The molecular weight excluding hydrogens is 352 g/mol. The highest BCUT2D eigenvalue weighted by Gasteiger charge is 2.49. The number of nitrogens with zero attached hydrogens (tertiary/aromatic N) is 3. The predicted molar refractivity (Wildman–Crippen MR) is 91.4 cm³/mol. The fraction of sp³-hybridized carbons (Fsp3) is 0.222. The second kappa shape index (κ2) is 6.27. The van der Waals surface area contributed by atoms with E-state index in [0.29, 0.717) is 17.1 Å². The first-order valence-corrected chi connectivity index (χ1v) is 8.16. The lowest BCUT2D eigenvalue weighted by atomic mass is 9.92. The maximum Gasteiger partial charge on any atom is 0.325 e. The molecule has 1 fully saturated rings. The standard InChI is InChI=1S/C18H16N4O5/c1-18(11-5-7-12(25-2)8-6-11)16(23)22(17(24)20-18)10-14-19-15(21-27-14)13-4-3-9-26-13/h3-9H,10H2,1-2H3,(H,20,24)/t18-/m1/s1. The zero-order chi connectivity index (χ0) is 19.0. The summed E-state index contributed by atoms with van der Waals surface area (Å²) < 4.78 is 15.5. The number of rotatable bonds is 5. The van der Waals surface area contributed by atoms with Gasteiger partial charge in [-0.3, -0.25) is 9.69 Å². The van der Waals surface area contributed by atoms with Gasteiger partial charge in [0.1, 0.15) is 17.8 Å². The van der Waals surface area contributed by atoms with E-state index in [1.165, 1.54) is 6.26 Å². The van der Waals surface area contributed by atoms with Gasteiger partial charge in [-0.25, -0.2) is 4.79 Å². The van der Waals surface area contributed by atoms with E-state index < -0.39 is 17.5 Å². The minimum Gasteiger partial charge on any atom is -0.497 e. The molecule has 0 spiro atoms. The highest BCUT2D eigenvalue weighted by molar-refractivity contribution is 6.07. The van der Waals surface area contributed by atoms with Gasteiger partial charge in [0.05, 0.1) is 13.4 Å². The molecule has 138 valence electrons. The Kier molecular flexibility index (Phi) is 3.91. The minimum atomic E-state index is -1.19. The number of methoxy groups -OCH3 is 1. The van der Waals surface area contributed by atoms with E-state index in [1.807, 2.05) is 0 Å². The van der Waals surface area contributed by atoms with Gasteiger partial charge in [0.15, 0.2) is 5.76 Å². The van der Waals surface area contributed by atoms with Gasteiger partial charge in [0, 0.05) is 0 Å². The average molecular weight is 368 g/mol. The number of nitrogens with one attached hydrogen (secondary N) is 1. The van der Waals surface area contributed by atoms with E-state index in [-0.39, 0.29) is 18.3 Å². The summed E-state index contributed by atoms with van der Waals surface area (Å²) in [5, 5.41) is 6.53. The maximum absolute atomic E-state index is 12.9. The van der Waals surface area contributed by atoms with Crippen molar-refractivity contribution in [3.05, 3.63) is 54.1 Å². The van der Waals surface area contributed by atoms with Crippen molar-refractivity contribution in [3.63, 3.8) is 0 Å². The van der Waals surface area contributed by atoms with Gasteiger partial charge in [0.25, 0.3) is 5.91 Å². The van der Waals surface area contributed by atoms with E-state index in [1.54, 1.807) is 50.4 Å². The van der Waals surface area contributed by atoms with Crippen LogP contribution in [0.3, 0.4) is 0 Å². The van der Waals surface area contributed by atoms with Crippen molar-refractivity contribution >= 4 is 11.9 Å². The van der Waals surface area contributed by atoms with Gasteiger partial charge < -0.3 is 19.0 Å². The molecule has 2 aromatic heterocycles. The first kappa shape index (κ1) is 16.8. The Bertz CT molecular complexity index is 980. The fourth-order valence-electron chi connectivity index (χ4n) is 2.92. The van der Waals surface area contributed by atoms with Crippen LogP contribution in [0, 0.1) is 0 Å². The summed E-state index contributed by atoms with van der Waals surface area (Å²) in [6.07, 6.45) is 1.49. The Labute approximate surface area is 153 Å². The number of urea groups is 1. The SMILES string of the molecule is COc1ccc([C@@]2(C)NC(=O)N(Cc3nc(-c4ccco4)no3)C2=O)cc1. The molecule has 0 saturated carbocycles. The van der Waals surface area contributed by atoms with Gasteiger partial charge in [-0.15, -0.1) is 0 Å². The van der Waals surface area contributed by atoms with Crippen LogP contribution in [0.4, 0.5) is 4.79 Å². The highest BCUT2D eigenvalue weighted by Crippen LogP contribution is 2.31. The number of imide groups is 1. The molecule has 0 aliphatic carbocycles. The largest absolute Gasteiger partial charge is 0.497 e. The molecule has 27 heavy (non-hydrogen) atoms. The molecule has 4 rings (SSSR count). The lowest BCUT2D eigenvalue weighted by Gasteiger charge is -2.22. The van der Waals surface area contributed by atoms with E-state index in [4.69, 9.17) is 13.7 Å². The molecule has 3 heterocycles. The van der Waals surface area contributed by atoms with E-state index >= 15 is 0 Å². The van der Waals surface area contributed by atoms with Crippen LogP contribution in [0.1, 0.15) is 18.4 Å². The summed E-state index contributed by atoms with van der Waals surface area (Å²) in [6, 6.07) is 9.79.